The van der Waals surface area contributed by atoms with Crippen molar-refractivity contribution in [3.63, 3.8) is 0 Å². The molecule has 0 bridgehead atoms. The van der Waals surface area contributed by atoms with Gasteiger partial charge in [-0.05, 0) is 41.8 Å². The maximum atomic E-state index is 13.5. The minimum Gasteiger partial charge on any atom is -0.383 e. The van der Waals surface area contributed by atoms with E-state index < -0.39 is 13.0 Å². The van der Waals surface area contributed by atoms with Crippen LogP contribution in [0.1, 0.15) is 23.6 Å². The van der Waals surface area contributed by atoms with Crippen molar-refractivity contribution in [1.82, 2.24) is 9.80 Å². The zero-order valence-corrected chi connectivity index (χ0v) is 27.1. The van der Waals surface area contributed by atoms with Gasteiger partial charge in [0.05, 0.1) is 74.9 Å². The summed E-state index contributed by atoms with van der Waals surface area (Å²) < 4.78 is 61.1. The first-order chi connectivity index (χ1) is 21.6. The van der Waals surface area contributed by atoms with Crippen LogP contribution >= 0.6 is 23.2 Å². The Labute approximate surface area is 272 Å². The summed E-state index contributed by atoms with van der Waals surface area (Å²) in [6.45, 7) is 3.89. The van der Waals surface area contributed by atoms with Crippen LogP contribution in [-0.2, 0) is 34.9 Å². The molecule has 9 nitrogen and oxygen atoms in total. The average Bonchev–Trinajstić information content (AvgIpc) is 3.45. The molecule has 1 aliphatic rings. The Balaban J connectivity index is 1.49. The van der Waals surface area contributed by atoms with Gasteiger partial charge in [-0.1, -0.05) is 41.4 Å². The van der Waals surface area contributed by atoms with E-state index in [9.17, 15) is 18.0 Å². The maximum absolute atomic E-state index is 13.5. The van der Waals surface area contributed by atoms with Gasteiger partial charge >= 0.3 is 6.36 Å². The molecule has 0 aromatic heterocycles. The number of carbonyl (C=O) groups excluding carboxylic acids is 1. The SMILES string of the molecule is COCCNc1ccc(C(CN2CC[C@H](OCCOCCOCCOC(F)(F)F)C2)N(C)C(=O)Cc2ccc(Cl)c(Cl)c2)cc1. The number of likely N-dealkylation sites (tertiary alicyclic amines) is 1. The number of ether oxygens (including phenoxy) is 5. The molecule has 14 heteroatoms. The van der Waals surface area contributed by atoms with E-state index in [0.717, 1.165) is 29.8 Å². The molecule has 45 heavy (non-hydrogen) atoms. The molecule has 0 radical (unpaired) electrons. The number of rotatable bonds is 20. The third kappa shape index (κ3) is 14.0. The second-order valence-electron chi connectivity index (χ2n) is 10.5. The highest BCUT2D eigenvalue weighted by atomic mass is 35.5. The van der Waals surface area contributed by atoms with Crippen molar-refractivity contribution < 1.29 is 41.7 Å². The van der Waals surface area contributed by atoms with Gasteiger partial charge in [-0.3, -0.25) is 14.4 Å². The number of amides is 1. The summed E-state index contributed by atoms with van der Waals surface area (Å²) in [6, 6.07) is 13.1. The Morgan fingerprint density at radius 2 is 1.69 bits per heavy atom. The van der Waals surface area contributed by atoms with Crippen LogP contribution in [0.2, 0.25) is 10.0 Å². The zero-order chi connectivity index (χ0) is 32.7. The number of likely N-dealkylation sites (N-methyl/N-ethyl adjacent to an activating group) is 1. The van der Waals surface area contributed by atoms with E-state index in [2.05, 4.69) is 15.0 Å². The van der Waals surface area contributed by atoms with Crippen molar-refractivity contribution in [2.75, 3.05) is 91.9 Å². The fourth-order valence-corrected chi connectivity index (χ4v) is 5.17. The summed E-state index contributed by atoms with van der Waals surface area (Å²) in [5.41, 5.74) is 2.78. The number of halogens is 5. The molecule has 2 atom stereocenters. The van der Waals surface area contributed by atoms with Crippen molar-refractivity contribution in [2.45, 2.75) is 31.3 Å². The van der Waals surface area contributed by atoms with Crippen LogP contribution in [0.5, 0.6) is 0 Å². The van der Waals surface area contributed by atoms with Gasteiger partial charge in [-0.2, -0.15) is 0 Å². The highest BCUT2D eigenvalue weighted by Crippen LogP contribution is 2.27. The van der Waals surface area contributed by atoms with Gasteiger partial charge in [0.1, 0.15) is 0 Å². The number of carbonyl (C=O) groups is 1. The molecule has 2 aromatic rings. The van der Waals surface area contributed by atoms with Gasteiger partial charge < -0.3 is 29.2 Å². The van der Waals surface area contributed by atoms with Gasteiger partial charge in [-0.25, -0.2) is 0 Å². The topological polar surface area (TPSA) is 81.7 Å². The summed E-state index contributed by atoms with van der Waals surface area (Å²) in [5, 5.41) is 4.17. The number of methoxy groups -OCH3 is 1. The van der Waals surface area contributed by atoms with E-state index in [4.69, 9.17) is 42.1 Å². The number of hydrogen-bond acceptors (Lipinski definition) is 8. The van der Waals surface area contributed by atoms with Gasteiger partial charge in [-0.15, -0.1) is 13.2 Å². The van der Waals surface area contributed by atoms with Crippen LogP contribution in [0.25, 0.3) is 0 Å². The number of alkyl halides is 3. The van der Waals surface area contributed by atoms with E-state index >= 15 is 0 Å². The molecule has 1 aliphatic heterocycles. The van der Waals surface area contributed by atoms with Crippen molar-refractivity contribution in [2.24, 2.45) is 0 Å². The van der Waals surface area contributed by atoms with Crippen molar-refractivity contribution in [3.05, 3.63) is 63.6 Å². The zero-order valence-electron chi connectivity index (χ0n) is 25.6. The molecular formula is C31H42Cl2F3N3O6. The lowest BCUT2D eigenvalue weighted by Crippen LogP contribution is -2.39. The summed E-state index contributed by atoms with van der Waals surface area (Å²) in [4.78, 5) is 17.5. The highest BCUT2D eigenvalue weighted by Gasteiger charge is 2.30. The highest BCUT2D eigenvalue weighted by molar-refractivity contribution is 6.42. The van der Waals surface area contributed by atoms with Gasteiger partial charge in [0, 0.05) is 46.0 Å². The average molecular weight is 681 g/mol. The molecule has 252 valence electrons. The van der Waals surface area contributed by atoms with E-state index in [1.165, 1.54) is 0 Å². The summed E-state index contributed by atoms with van der Waals surface area (Å²) >= 11 is 12.2. The molecule has 1 unspecified atom stereocenters. The monoisotopic (exact) mass is 679 g/mol. The molecule has 1 fully saturated rings. The smallest absolute Gasteiger partial charge is 0.383 e. The minimum absolute atomic E-state index is 0.0228. The van der Waals surface area contributed by atoms with Crippen LogP contribution in [0.3, 0.4) is 0 Å². The van der Waals surface area contributed by atoms with Crippen LogP contribution in [0, 0.1) is 0 Å². The lowest BCUT2D eigenvalue weighted by Gasteiger charge is -2.32. The van der Waals surface area contributed by atoms with Gasteiger partial charge in [0.2, 0.25) is 5.91 Å². The summed E-state index contributed by atoms with van der Waals surface area (Å²) in [6.07, 6.45) is -3.59. The molecule has 1 saturated heterocycles. The van der Waals surface area contributed by atoms with Crippen LogP contribution in [-0.4, -0.2) is 115 Å². The summed E-state index contributed by atoms with van der Waals surface area (Å²) in [7, 11) is 3.48. The number of hydrogen-bond donors (Lipinski definition) is 1. The van der Waals surface area contributed by atoms with E-state index in [0.29, 0.717) is 49.5 Å². The third-order valence-corrected chi connectivity index (χ3v) is 7.98. The molecule has 2 aromatic carbocycles. The molecule has 1 N–H and O–H groups in total. The standard InChI is InChI=1S/C31H42Cl2F3N3O6/c1-38(30(40)20-23-3-8-27(32)28(33)19-23)29(24-4-6-25(7-5-24)37-10-12-41-2)22-39-11-9-26(21-39)44-17-15-42-13-14-43-16-18-45-31(34,35)36/h3-8,19,26,29,37H,9-18,20-22H2,1-2H3/t26-,29?/m0/s1. The number of benzene rings is 2. The molecule has 0 saturated carbocycles. The van der Waals surface area contributed by atoms with Crippen LogP contribution in [0.4, 0.5) is 18.9 Å². The largest absolute Gasteiger partial charge is 0.522 e. The Morgan fingerprint density at radius 1 is 1.00 bits per heavy atom. The predicted octanol–water partition coefficient (Wildman–Crippen LogP) is 5.45. The fraction of sp³-hybridized carbons (Fsp3) is 0.581. The van der Waals surface area contributed by atoms with E-state index in [1.54, 1.807) is 24.1 Å². The lowest BCUT2D eigenvalue weighted by molar-refractivity contribution is -0.327. The van der Waals surface area contributed by atoms with Crippen LogP contribution < -0.4 is 5.32 Å². The van der Waals surface area contributed by atoms with Crippen molar-refractivity contribution in [1.29, 1.82) is 0 Å². The number of nitrogens with zero attached hydrogens (tertiary/aromatic N) is 2. The minimum atomic E-state index is -4.65. The quantitative estimate of drug-likeness (QED) is 0.185. The maximum Gasteiger partial charge on any atom is 0.522 e. The first-order valence-electron chi connectivity index (χ1n) is 14.8. The first-order valence-corrected chi connectivity index (χ1v) is 15.5. The predicted molar refractivity (Wildman–Crippen MR) is 167 cm³/mol. The number of anilines is 1. The molecule has 3 rings (SSSR count). The Kier molecular flexibility index (Phi) is 16.2. The Bertz CT molecular complexity index is 1160. The van der Waals surface area contributed by atoms with Crippen molar-refractivity contribution in [3.8, 4) is 0 Å². The van der Waals surface area contributed by atoms with Crippen molar-refractivity contribution >= 4 is 34.8 Å². The van der Waals surface area contributed by atoms with Gasteiger partial charge in [0.15, 0.2) is 0 Å². The van der Waals surface area contributed by atoms with Crippen LogP contribution in [0.15, 0.2) is 42.5 Å². The molecular weight excluding hydrogens is 638 g/mol. The fourth-order valence-electron chi connectivity index (χ4n) is 4.85. The molecule has 1 amide bonds. The first kappa shape index (κ1) is 37.3. The van der Waals surface area contributed by atoms with E-state index in [1.807, 2.05) is 37.4 Å². The number of nitrogens with one attached hydrogen (secondary N) is 1. The van der Waals surface area contributed by atoms with E-state index in [-0.39, 0.29) is 44.3 Å². The Morgan fingerprint density at radius 3 is 2.36 bits per heavy atom. The lowest BCUT2D eigenvalue weighted by atomic mass is 10.0. The third-order valence-electron chi connectivity index (χ3n) is 7.24. The molecule has 1 heterocycles. The van der Waals surface area contributed by atoms with Gasteiger partial charge in [0.25, 0.3) is 0 Å². The molecule has 0 spiro atoms. The summed E-state index contributed by atoms with van der Waals surface area (Å²) in [5.74, 6) is -0.0401. The Hall–Kier alpha value is -2.16. The second-order valence-corrected chi connectivity index (χ2v) is 11.4. The molecule has 0 aliphatic carbocycles. The normalized spacial score (nSPS) is 16.2. The second kappa shape index (κ2) is 19.5.